The number of carbonyl (C=O) groups is 1. The Balaban J connectivity index is 2.59. The molecule has 1 rings (SSSR count). The number of rotatable bonds is 6. The van der Waals surface area contributed by atoms with Gasteiger partial charge in [0.1, 0.15) is 5.82 Å². The maximum Gasteiger partial charge on any atom is 0.236 e. The molecule has 1 aromatic rings. The van der Waals surface area contributed by atoms with Crippen molar-refractivity contribution < 1.29 is 4.79 Å². The Bertz CT molecular complexity index is 377. The number of likely N-dealkylation sites (N-methyl/N-ethyl adjacent to an activating group) is 2. The molecule has 0 atom stereocenters. The summed E-state index contributed by atoms with van der Waals surface area (Å²) in [6, 6.07) is 3.77. The van der Waals surface area contributed by atoms with E-state index in [0.29, 0.717) is 18.9 Å². The summed E-state index contributed by atoms with van der Waals surface area (Å²) in [5, 5.41) is 0. The molecular weight excluding hydrogens is 230 g/mol. The second-order valence-corrected chi connectivity index (χ2v) is 4.29. The molecule has 100 valence electrons. The fourth-order valence-corrected chi connectivity index (χ4v) is 1.47. The third-order valence-electron chi connectivity index (χ3n) is 2.68. The zero-order chi connectivity index (χ0) is 13.5. The summed E-state index contributed by atoms with van der Waals surface area (Å²) in [6.07, 6.45) is 1.76. The summed E-state index contributed by atoms with van der Waals surface area (Å²) in [7, 11) is 3.53. The molecule has 1 amide bonds. The van der Waals surface area contributed by atoms with E-state index in [2.05, 4.69) is 15.3 Å². The molecule has 0 aromatic carbocycles. The molecule has 0 aliphatic rings. The van der Waals surface area contributed by atoms with Gasteiger partial charge >= 0.3 is 0 Å². The quantitative estimate of drug-likeness (QED) is 0.561. The maximum absolute atomic E-state index is 11.6. The number of nitrogens with one attached hydrogen (secondary N) is 1. The van der Waals surface area contributed by atoms with Gasteiger partial charge in [0, 0.05) is 26.8 Å². The van der Waals surface area contributed by atoms with Gasteiger partial charge in [-0.2, -0.15) is 0 Å². The van der Waals surface area contributed by atoms with Crippen LogP contribution in [0.3, 0.4) is 0 Å². The Morgan fingerprint density at radius 3 is 2.61 bits per heavy atom. The number of hydrogen-bond donors (Lipinski definition) is 2. The first kappa shape index (κ1) is 14.4. The van der Waals surface area contributed by atoms with E-state index in [9.17, 15) is 4.79 Å². The summed E-state index contributed by atoms with van der Waals surface area (Å²) in [4.78, 5) is 19.4. The third kappa shape index (κ3) is 4.31. The number of nitrogen functional groups attached to an aromatic ring is 1. The lowest BCUT2D eigenvalue weighted by atomic mass is 10.2. The van der Waals surface area contributed by atoms with Crippen LogP contribution >= 0.6 is 0 Å². The third-order valence-corrected chi connectivity index (χ3v) is 2.68. The molecule has 0 radical (unpaired) electrons. The number of nitrogens with zero attached hydrogens (tertiary/aromatic N) is 3. The standard InChI is InChI=1S/C12H21N5O/c1-4-17(9-12(18)16(2)3)8-10-5-6-11(15-13)14-7-10/h5-7H,4,8-9,13H2,1-3H3,(H,14,15). The van der Waals surface area contributed by atoms with Crippen LogP contribution in [-0.2, 0) is 11.3 Å². The van der Waals surface area contributed by atoms with Crippen molar-refractivity contribution in [2.75, 3.05) is 32.6 Å². The Hall–Kier alpha value is -1.66. The Morgan fingerprint density at radius 1 is 1.44 bits per heavy atom. The molecule has 0 fully saturated rings. The Kier molecular flexibility index (Phi) is 5.54. The highest BCUT2D eigenvalue weighted by Crippen LogP contribution is 2.07. The van der Waals surface area contributed by atoms with E-state index in [1.807, 2.05) is 19.1 Å². The van der Waals surface area contributed by atoms with Gasteiger partial charge in [-0.3, -0.25) is 9.69 Å². The minimum Gasteiger partial charge on any atom is -0.348 e. The molecule has 0 aliphatic heterocycles. The average molecular weight is 251 g/mol. The molecule has 6 nitrogen and oxygen atoms in total. The van der Waals surface area contributed by atoms with E-state index in [0.717, 1.165) is 12.1 Å². The highest BCUT2D eigenvalue weighted by molar-refractivity contribution is 5.77. The normalized spacial score (nSPS) is 10.5. The number of hydrogen-bond acceptors (Lipinski definition) is 5. The summed E-state index contributed by atoms with van der Waals surface area (Å²) >= 11 is 0. The number of aromatic nitrogens is 1. The fraction of sp³-hybridized carbons (Fsp3) is 0.500. The highest BCUT2D eigenvalue weighted by atomic mass is 16.2. The van der Waals surface area contributed by atoms with E-state index in [1.54, 1.807) is 25.2 Å². The van der Waals surface area contributed by atoms with Crippen LogP contribution in [0.5, 0.6) is 0 Å². The van der Waals surface area contributed by atoms with E-state index in [-0.39, 0.29) is 5.91 Å². The molecule has 0 aliphatic carbocycles. The van der Waals surface area contributed by atoms with Gasteiger partial charge in [-0.1, -0.05) is 13.0 Å². The van der Waals surface area contributed by atoms with E-state index < -0.39 is 0 Å². The first-order valence-corrected chi connectivity index (χ1v) is 5.90. The van der Waals surface area contributed by atoms with Gasteiger partial charge in [-0.05, 0) is 18.2 Å². The van der Waals surface area contributed by atoms with E-state index in [4.69, 9.17) is 5.84 Å². The van der Waals surface area contributed by atoms with Gasteiger partial charge in [0.15, 0.2) is 0 Å². The minimum absolute atomic E-state index is 0.102. The maximum atomic E-state index is 11.6. The van der Waals surface area contributed by atoms with Crippen molar-refractivity contribution in [3.05, 3.63) is 23.9 Å². The number of nitrogens with two attached hydrogens (primary N) is 1. The van der Waals surface area contributed by atoms with Crippen molar-refractivity contribution in [1.82, 2.24) is 14.8 Å². The Labute approximate surface area is 108 Å². The van der Waals surface area contributed by atoms with Gasteiger partial charge in [0.05, 0.1) is 6.54 Å². The number of anilines is 1. The average Bonchev–Trinajstić information content (AvgIpc) is 2.38. The SMILES string of the molecule is CCN(CC(=O)N(C)C)Cc1ccc(NN)nc1. The van der Waals surface area contributed by atoms with Crippen LogP contribution in [-0.4, -0.2) is 47.9 Å². The van der Waals surface area contributed by atoms with Crippen LogP contribution in [0.2, 0.25) is 0 Å². The number of hydrazine groups is 1. The first-order chi connectivity index (χ1) is 8.56. The second kappa shape index (κ2) is 6.93. The lowest BCUT2D eigenvalue weighted by Crippen LogP contribution is -2.36. The summed E-state index contributed by atoms with van der Waals surface area (Å²) < 4.78 is 0. The van der Waals surface area contributed by atoms with Crippen LogP contribution in [0, 0.1) is 0 Å². The van der Waals surface area contributed by atoms with Crippen molar-refractivity contribution in [3.8, 4) is 0 Å². The molecule has 1 aromatic heterocycles. The summed E-state index contributed by atoms with van der Waals surface area (Å²) in [5.74, 6) is 5.99. The van der Waals surface area contributed by atoms with E-state index in [1.165, 1.54) is 0 Å². The van der Waals surface area contributed by atoms with Crippen LogP contribution in [0.1, 0.15) is 12.5 Å². The highest BCUT2D eigenvalue weighted by Gasteiger charge is 2.11. The smallest absolute Gasteiger partial charge is 0.236 e. The molecular formula is C12H21N5O. The first-order valence-electron chi connectivity index (χ1n) is 5.90. The van der Waals surface area contributed by atoms with Crippen molar-refractivity contribution in [2.45, 2.75) is 13.5 Å². The summed E-state index contributed by atoms with van der Waals surface area (Å²) in [5.41, 5.74) is 3.54. The van der Waals surface area contributed by atoms with Gasteiger partial charge in [-0.25, -0.2) is 10.8 Å². The molecule has 18 heavy (non-hydrogen) atoms. The van der Waals surface area contributed by atoms with Gasteiger partial charge in [0.25, 0.3) is 0 Å². The van der Waals surface area contributed by atoms with Crippen LogP contribution in [0.15, 0.2) is 18.3 Å². The molecule has 0 bridgehead atoms. The lowest BCUT2D eigenvalue weighted by Gasteiger charge is -2.21. The van der Waals surface area contributed by atoms with Crippen molar-refractivity contribution in [3.63, 3.8) is 0 Å². The predicted molar refractivity (Wildman–Crippen MR) is 71.7 cm³/mol. The largest absolute Gasteiger partial charge is 0.348 e. The zero-order valence-electron chi connectivity index (χ0n) is 11.2. The van der Waals surface area contributed by atoms with Crippen LogP contribution in [0.25, 0.3) is 0 Å². The second-order valence-electron chi connectivity index (χ2n) is 4.29. The zero-order valence-corrected chi connectivity index (χ0v) is 11.2. The number of carbonyl (C=O) groups excluding carboxylic acids is 1. The van der Waals surface area contributed by atoms with Gasteiger partial charge in [-0.15, -0.1) is 0 Å². The van der Waals surface area contributed by atoms with Crippen LogP contribution in [0.4, 0.5) is 5.82 Å². The summed E-state index contributed by atoms with van der Waals surface area (Å²) in [6.45, 7) is 3.97. The molecule has 0 unspecified atom stereocenters. The topological polar surface area (TPSA) is 74.5 Å². The number of amides is 1. The molecule has 0 spiro atoms. The van der Waals surface area contributed by atoms with Crippen molar-refractivity contribution in [1.29, 1.82) is 0 Å². The molecule has 0 saturated heterocycles. The van der Waals surface area contributed by atoms with Gasteiger partial charge < -0.3 is 10.3 Å². The van der Waals surface area contributed by atoms with Gasteiger partial charge in [0.2, 0.25) is 5.91 Å². The molecule has 6 heteroatoms. The predicted octanol–water partition coefficient (Wildman–Crippen LogP) is 0.277. The Morgan fingerprint density at radius 2 is 2.17 bits per heavy atom. The monoisotopic (exact) mass is 251 g/mol. The van der Waals surface area contributed by atoms with Crippen molar-refractivity contribution in [2.24, 2.45) is 5.84 Å². The molecule has 0 saturated carbocycles. The lowest BCUT2D eigenvalue weighted by molar-refractivity contribution is -0.130. The molecule has 1 heterocycles. The van der Waals surface area contributed by atoms with E-state index >= 15 is 0 Å². The van der Waals surface area contributed by atoms with Crippen LogP contribution < -0.4 is 11.3 Å². The number of pyridine rings is 1. The fourth-order valence-electron chi connectivity index (χ4n) is 1.47. The molecule has 3 N–H and O–H groups in total. The minimum atomic E-state index is 0.102. The van der Waals surface area contributed by atoms with Crippen molar-refractivity contribution >= 4 is 11.7 Å².